The Kier molecular flexibility index (Phi) is 36.4. The van der Waals surface area contributed by atoms with Gasteiger partial charge in [0.15, 0.2) is 6.10 Å². The number of aliphatic hydroxyl groups excluding tert-OH is 2. The molecule has 0 rings (SSSR count). The summed E-state index contributed by atoms with van der Waals surface area (Å²) in [6.07, 6.45) is 32.4. The molecule has 0 fully saturated rings. The molecule has 11 heteroatoms. The highest BCUT2D eigenvalue weighted by Crippen LogP contribution is 2.36. The third-order valence-corrected chi connectivity index (χ3v) is 10.4. The van der Waals surface area contributed by atoms with Crippen LogP contribution in [0.15, 0.2) is 12.2 Å². The molecule has 0 amide bonds. The minimum atomic E-state index is -4.79. The molecule has 0 heterocycles. The summed E-state index contributed by atoms with van der Waals surface area (Å²) in [7, 11) is -4.79. The average molecular weight is 791 g/mol. The predicted molar refractivity (Wildman–Crippen MR) is 219 cm³/mol. The van der Waals surface area contributed by atoms with Crippen molar-refractivity contribution in [2.45, 2.75) is 232 Å². The molecule has 3 atom stereocenters. The van der Waals surface area contributed by atoms with Crippen LogP contribution >= 0.6 is 7.82 Å². The van der Waals surface area contributed by atoms with E-state index in [4.69, 9.17) is 19.3 Å². The number of phosphoric acid groups is 1. The largest absolute Gasteiger partial charge is 0.469 e. The summed E-state index contributed by atoms with van der Waals surface area (Å²) < 4.78 is 26.3. The molecule has 0 saturated carbocycles. The van der Waals surface area contributed by atoms with Crippen LogP contribution in [0.2, 0.25) is 0 Å². The fourth-order valence-electron chi connectivity index (χ4n) is 6.46. The van der Waals surface area contributed by atoms with Gasteiger partial charge in [-0.05, 0) is 44.4 Å². The standard InChI is InChI=1S/C43H83O10P/c1-4-5-6-7-22-27-32-40(44)41(45)33-28-23-20-25-30-35-43(47)53-39(37-52-54(48,49)50)36-51-42(46)34-29-24-19-17-15-13-11-9-8-10-12-14-16-18-21-26-31-38(2)3/h22,27,38-41,44-45H,4-21,23-26,28-37H2,1-3H3,(H2,48,49,50)/b27-22-/t39-,40+,41+/m1/s1. The first kappa shape index (κ1) is 52.7. The molecule has 0 aromatic rings. The lowest BCUT2D eigenvalue weighted by Crippen LogP contribution is -2.29. The maximum Gasteiger partial charge on any atom is 0.469 e. The maximum absolute atomic E-state index is 12.4. The number of phosphoric ester groups is 1. The first-order valence-corrected chi connectivity index (χ1v) is 23.5. The Balaban J connectivity index is 3.97. The smallest absolute Gasteiger partial charge is 0.462 e. The van der Waals surface area contributed by atoms with Crippen LogP contribution in [0.1, 0.15) is 213 Å². The van der Waals surface area contributed by atoms with Crippen molar-refractivity contribution in [1.29, 1.82) is 0 Å². The molecule has 0 aliphatic heterocycles. The van der Waals surface area contributed by atoms with Crippen LogP contribution in [0, 0.1) is 5.92 Å². The lowest BCUT2D eigenvalue weighted by Gasteiger charge is -2.18. The zero-order chi connectivity index (χ0) is 40.1. The molecule has 0 spiro atoms. The van der Waals surface area contributed by atoms with Gasteiger partial charge in [-0.25, -0.2) is 4.57 Å². The number of ether oxygens (including phenoxy) is 2. The molecule has 54 heavy (non-hydrogen) atoms. The van der Waals surface area contributed by atoms with Gasteiger partial charge in [-0.3, -0.25) is 14.1 Å². The van der Waals surface area contributed by atoms with E-state index >= 15 is 0 Å². The molecule has 4 N–H and O–H groups in total. The lowest BCUT2D eigenvalue weighted by molar-refractivity contribution is -0.161. The van der Waals surface area contributed by atoms with Gasteiger partial charge in [0, 0.05) is 12.8 Å². The average Bonchev–Trinajstić information content (AvgIpc) is 3.12. The number of unbranched alkanes of at least 4 members (excludes halogenated alkanes) is 22. The van der Waals surface area contributed by atoms with Gasteiger partial charge in [0.05, 0.1) is 18.8 Å². The van der Waals surface area contributed by atoms with Gasteiger partial charge < -0.3 is 29.5 Å². The predicted octanol–water partition coefficient (Wildman–Crippen LogP) is 11.2. The van der Waals surface area contributed by atoms with Crippen molar-refractivity contribution in [2.24, 2.45) is 5.92 Å². The van der Waals surface area contributed by atoms with Crippen molar-refractivity contribution in [1.82, 2.24) is 0 Å². The molecule has 0 radical (unpaired) electrons. The van der Waals surface area contributed by atoms with Crippen molar-refractivity contribution >= 4 is 19.8 Å². The second-order valence-corrected chi connectivity index (χ2v) is 17.1. The Labute approximate surface area is 330 Å². The zero-order valence-electron chi connectivity index (χ0n) is 34.8. The molecule has 0 saturated heterocycles. The normalized spacial score (nSPS) is 13.8. The fraction of sp³-hybridized carbons (Fsp3) is 0.907. The first-order valence-electron chi connectivity index (χ1n) is 22.0. The monoisotopic (exact) mass is 791 g/mol. The lowest BCUT2D eigenvalue weighted by atomic mass is 10.0. The van der Waals surface area contributed by atoms with Gasteiger partial charge in [-0.2, -0.15) is 0 Å². The molecular weight excluding hydrogens is 707 g/mol. The number of rotatable bonds is 40. The summed E-state index contributed by atoms with van der Waals surface area (Å²) in [5.74, 6) is -0.152. The third kappa shape index (κ3) is 39.0. The second-order valence-electron chi connectivity index (χ2n) is 15.8. The maximum atomic E-state index is 12.4. The van der Waals surface area contributed by atoms with Crippen molar-refractivity contribution in [3.8, 4) is 0 Å². The fourth-order valence-corrected chi connectivity index (χ4v) is 6.82. The summed E-state index contributed by atoms with van der Waals surface area (Å²) in [5.41, 5.74) is 0. The summed E-state index contributed by atoms with van der Waals surface area (Å²) >= 11 is 0. The van der Waals surface area contributed by atoms with E-state index in [1.165, 1.54) is 96.3 Å². The Morgan fingerprint density at radius 3 is 1.52 bits per heavy atom. The van der Waals surface area contributed by atoms with Crippen LogP contribution in [-0.2, 0) is 28.2 Å². The molecule has 10 nitrogen and oxygen atoms in total. The topological polar surface area (TPSA) is 160 Å². The van der Waals surface area contributed by atoms with E-state index in [-0.39, 0.29) is 19.4 Å². The molecule has 320 valence electrons. The zero-order valence-corrected chi connectivity index (χ0v) is 35.7. The van der Waals surface area contributed by atoms with E-state index in [1.807, 2.05) is 6.08 Å². The molecule has 0 aliphatic carbocycles. The quantitative estimate of drug-likeness (QED) is 0.0204. The number of esters is 2. The minimum Gasteiger partial charge on any atom is -0.462 e. The summed E-state index contributed by atoms with van der Waals surface area (Å²) in [4.78, 5) is 42.9. The van der Waals surface area contributed by atoms with Gasteiger partial charge in [-0.15, -0.1) is 0 Å². The van der Waals surface area contributed by atoms with Crippen LogP contribution in [0.25, 0.3) is 0 Å². The molecular formula is C43H83O10P. The molecule has 0 unspecified atom stereocenters. The van der Waals surface area contributed by atoms with Gasteiger partial charge in [0.25, 0.3) is 0 Å². The second kappa shape index (κ2) is 37.3. The summed E-state index contributed by atoms with van der Waals surface area (Å²) in [6.45, 7) is 5.87. The first-order chi connectivity index (χ1) is 25.9. The third-order valence-electron chi connectivity index (χ3n) is 9.91. The van der Waals surface area contributed by atoms with E-state index < -0.39 is 44.7 Å². The highest BCUT2D eigenvalue weighted by molar-refractivity contribution is 7.46. The van der Waals surface area contributed by atoms with E-state index in [1.54, 1.807) is 0 Å². The molecule has 0 aromatic heterocycles. The van der Waals surface area contributed by atoms with Crippen LogP contribution in [-0.4, -0.2) is 63.5 Å². The molecule has 0 aliphatic rings. The van der Waals surface area contributed by atoms with E-state index in [2.05, 4.69) is 31.4 Å². The highest BCUT2D eigenvalue weighted by atomic mass is 31.2. The van der Waals surface area contributed by atoms with Gasteiger partial charge in [-0.1, -0.05) is 174 Å². The minimum absolute atomic E-state index is 0.116. The Morgan fingerprint density at radius 2 is 1.04 bits per heavy atom. The van der Waals surface area contributed by atoms with Crippen LogP contribution in [0.4, 0.5) is 0 Å². The van der Waals surface area contributed by atoms with Crippen LogP contribution in [0.5, 0.6) is 0 Å². The van der Waals surface area contributed by atoms with Crippen molar-refractivity contribution in [2.75, 3.05) is 13.2 Å². The van der Waals surface area contributed by atoms with E-state index in [0.29, 0.717) is 25.7 Å². The van der Waals surface area contributed by atoms with Crippen LogP contribution in [0.3, 0.4) is 0 Å². The number of aliphatic hydroxyl groups is 2. The van der Waals surface area contributed by atoms with Crippen LogP contribution < -0.4 is 0 Å². The summed E-state index contributed by atoms with van der Waals surface area (Å²) in [6, 6.07) is 0. The van der Waals surface area contributed by atoms with Gasteiger partial charge >= 0.3 is 19.8 Å². The van der Waals surface area contributed by atoms with E-state index in [0.717, 1.165) is 63.7 Å². The highest BCUT2D eigenvalue weighted by Gasteiger charge is 2.23. The Bertz CT molecular complexity index is 937. The van der Waals surface area contributed by atoms with Gasteiger partial charge in [0.2, 0.25) is 0 Å². The van der Waals surface area contributed by atoms with E-state index in [9.17, 15) is 24.4 Å². The Morgan fingerprint density at radius 1 is 0.574 bits per heavy atom. The van der Waals surface area contributed by atoms with Crippen molar-refractivity contribution in [3.63, 3.8) is 0 Å². The number of carbonyl (C=O) groups is 2. The summed E-state index contributed by atoms with van der Waals surface area (Å²) in [5, 5.41) is 20.4. The Hall–Kier alpha value is -1.29. The number of carbonyl (C=O) groups excluding carboxylic acids is 2. The number of hydrogen-bond donors (Lipinski definition) is 4. The number of allylic oxidation sites excluding steroid dienone is 1. The SMILES string of the molecule is CCCCC/C=C\C[C@H](O)[C@@H](O)CCCCCCCC(=O)O[C@H](COC(=O)CCCCCCCCCCCCCCCCCCC(C)C)COP(=O)(O)O. The van der Waals surface area contributed by atoms with Gasteiger partial charge in [0.1, 0.15) is 6.61 Å². The molecule has 0 aromatic carbocycles. The van der Waals surface area contributed by atoms with Crippen molar-refractivity contribution in [3.05, 3.63) is 12.2 Å². The van der Waals surface area contributed by atoms with Crippen molar-refractivity contribution < 1.29 is 48.2 Å². The number of hydrogen-bond acceptors (Lipinski definition) is 8. The molecule has 0 bridgehead atoms.